The molecule has 0 unspecified atom stereocenters. The van der Waals surface area contributed by atoms with Gasteiger partial charge >= 0.3 is 0 Å². The summed E-state index contributed by atoms with van der Waals surface area (Å²) in [6.07, 6.45) is 9.79. The Hall–Kier alpha value is -0.710. The lowest BCUT2D eigenvalue weighted by molar-refractivity contribution is -0.109. The summed E-state index contributed by atoms with van der Waals surface area (Å²) in [6.45, 7) is 2.70. The van der Waals surface area contributed by atoms with Gasteiger partial charge in [0, 0.05) is 19.6 Å². The van der Waals surface area contributed by atoms with Crippen LogP contribution in [0.5, 0.6) is 0 Å². The van der Waals surface area contributed by atoms with Crippen LogP contribution in [0.1, 0.15) is 44.9 Å². The summed E-state index contributed by atoms with van der Waals surface area (Å²) in [5.74, 6) is 0.763. The molecule has 0 aromatic carbocycles. The van der Waals surface area contributed by atoms with Crippen molar-refractivity contribution in [2.45, 2.75) is 44.9 Å². The number of rotatable bonds is 3. The van der Waals surface area contributed by atoms with Gasteiger partial charge in [0.05, 0.1) is 0 Å². The van der Waals surface area contributed by atoms with E-state index in [9.17, 15) is 9.59 Å². The molecular weight excluding hydrogens is 248 g/mol. The van der Waals surface area contributed by atoms with Crippen LogP contribution in [0.4, 0.5) is 4.79 Å². The van der Waals surface area contributed by atoms with Gasteiger partial charge in [-0.15, -0.1) is 0 Å². The van der Waals surface area contributed by atoms with Crippen LogP contribution in [-0.4, -0.2) is 36.2 Å². The lowest BCUT2D eigenvalue weighted by atomic mass is 9.89. The van der Waals surface area contributed by atoms with E-state index in [0.29, 0.717) is 0 Å². The van der Waals surface area contributed by atoms with Crippen molar-refractivity contribution in [2.75, 3.05) is 19.6 Å². The van der Waals surface area contributed by atoms with Gasteiger partial charge in [-0.3, -0.25) is 9.59 Å². The standard InChI is InChI=1S/C8H15NO.C5H9NOS/c10-7-9-6-8-4-2-1-3-5-8;7-5(8)6-3-1-2-4-6/h7-8H,1-6H2,(H,9,10);1-4H2,(H,7,8). The van der Waals surface area contributed by atoms with Gasteiger partial charge in [-0.2, -0.15) is 0 Å². The maximum absolute atomic E-state index is 10.4. The minimum atomic E-state index is -0.0810. The van der Waals surface area contributed by atoms with Crippen LogP contribution in [-0.2, 0) is 4.79 Å². The first-order valence-corrected chi connectivity index (χ1v) is 7.33. The van der Waals surface area contributed by atoms with E-state index in [0.717, 1.165) is 44.8 Å². The smallest absolute Gasteiger partial charge is 0.278 e. The highest BCUT2D eigenvalue weighted by molar-refractivity contribution is 7.96. The largest absolute Gasteiger partial charge is 0.358 e. The van der Waals surface area contributed by atoms with E-state index in [1.54, 1.807) is 4.90 Å². The fourth-order valence-electron chi connectivity index (χ4n) is 2.51. The second kappa shape index (κ2) is 9.25. The highest BCUT2D eigenvalue weighted by Gasteiger charge is 2.13. The van der Waals surface area contributed by atoms with Crippen LogP contribution in [0, 0.1) is 5.92 Å². The van der Waals surface area contributed by atoms with Crippen LogP contribution in [0.15, 0.2) is 0 Å². The van der Waals surface area contributed by atoms with Crippen LogP contribution < -0.4 is 5.32 Å². The topological polar surface area (TPSA) is 49.4 Å². The second-order valence-electron chi connectivity index (χ2n) is 5.01. The molecule has 2 fully saturated rings. The Bertz CT molecular complexity index is 249. The minimum Gasteiger partial charge on any atom is -0.358 e. The predicted molar refractivity (Wildman–Crippen MR) is 75.8 cm³/mol. The molecule has 1 saturated carbocycles. The first-order chi connectivity index (χ1) is 8.74. The molecule has 0 atom stereocenters. The summed E-state index contributed by atoms with van der Waals surface area (Å²) in [5, 5.41) is 2.66. The Morgan fingerprint density at radius 3 is 2.22 bits per heavy atom. The average Bonchev–Trinajstić information content (AvgIpc) is 2.92. The average molecular weight is 272 g/mol. The highest BCUT2D eigenvalue weighted by atomic mass is 32.1. The van der Waals surface area contributed by atoms with Crippen LogP contribution in [0.25, 0.3) is 0 Å². The van der Waals surface area contributed by atoms with Gasteiger partial charge in [-0.1, -0.05) is 31.9 Å². The molecule has 1 aliphatic carbocycles. The molecule has 2 aliphatic rings. The Kier molecular flexibility index (Phi) is 7.89. The van der Waals surface area contributed by atoms with E-state index in [1.165, 1.54) is 32.1 Å². The molecular formula is C13H24N2O2S. The van der Waals surface area contributed by atoms with E-state index in [1.807, 2.05) is 0 Å². The molecule has 18 heavy (non-hydrogen) atoms. The van der Waals surface area contributed by atoms with Gasteiger partial charge in [0.2, 0.25) is 6.41 Å². The summed E-state index contributed by atoms with van der Waals surface area (Å²) in [6, 6.07) is 0. The van der Waals surface area contributed by atoms with E-state index < -0.39 is 0 Å². The maximum Gasteiger partial charge on any atom is 0.278 e. The molecule has 4 nitrogen and oxygen atoms in total. The first-order valence-electron chi connectivity index (χ1n) is 6.89. The summed E-state index contributed by atoms with van der Waals surface area (Å²) in [4.78, 5) is 22.1. The van der Waals surface area contributed by atoms with Crippen LogP contribution in [0.3, 0.4) is 0 Å². The van der Waals surface area contributed by atoms with Crippen molar-refractivity contribution in [2.24, 2.45) is 5.92 Å². The highest BCUT2D eigenvalue weighted by Crippen LogP contribution is 2.22. The molecule has 1 aliphatic heterocycles. The number of nitrogens with one attached hydrogen (secondary N) is 1. The molecule has 1 N–H and O–H groups in total. The van der Waals surface area contributed by atoms with E-state index in [2.05, 4.69) is 17.9 Å². The summed E-state index contributed by atoms with van der Waals surface area (Å²) in [5.41, 5.74) is 0. The third kappa shape index (κ3) is 6.28. The molecule has 0 spiro atoms. The zero-order valence-electron chi connectivity index (χ0n) is 10.9. The molecule has 0 aromatic heterocycles. The quantitative estimate of drug-likeness (QED) is 0.612. The van der Waals surface area contributed by atoms with Crippen LogP contribution in [0.2, 0.25) is 0 Å². The van der Waals surface area contributed by atoms with Crippen molar-refractivity contribution in [3.05, 3.63) is 0 Å². The molecule has 0 bridgehead atoms. The molecule has 2 amide bonds. The van der Waals surface area contributed by atoms with Crippen molar-refractivity contribution in [3.8, 4) is 0 Å². The van der Waals surface area contributed by atoms with Crippen molar-refractivity contribution in [1.29, 1.82) is 0 Å². The number of hydrogen-bond acceptors (Lipinski definition) is 2. The molecule has 0 aromatic rings. The SMILES string of the molecule is O=C(S)N1CCCC1.O=CNCC1CCCCC1. The minimum absolute atomic E-state index is 0.0810. The van der Waals surface area contributed by atoms with Crippen molar-refractivity contribution >= 4 is 24.3 Å². The first kappa shape index (κ1) is 15.3. The van der Waals surface area contributed by atoms with Gasteiger partial charge in [0.15, 0.2) is 0 Å². The predicted octanol–water partition coefficient (Wildman–Crippen LogP) is 2.44. The monoisotopic (exact) mass is 272 g/mol. The number of likely N-dealkylation sites (tertiary alicyclic amines) is 1. The molecule has 2 rings (SSSR count). The third-order valence-corrected chi connectivity index (χ3v) is 3.87. The fourth-order valence-corrected chi connectivity index (χ4v) is 2.71. The van der Waals surface area contributed by atoms with E-state index in [-0.39, 0.29) is 5.24 Å². The summed E-state index contributed by atoms with van der Waals surface area (Å²) in [7, 11) is 0. The fraction of sp³-hybridized carbons (Fsp3) is 0.846. The number of hydrogen-bond donors (Lipinski definition) is 2. The van der Waals surface area contributed by atoms with E-state index >= 15 is 0 Å². The molecule has 0 radical (unpaired) electrons. The van der Waals surface area contributed by atoms with Gasteiger partial charge in [-0.25, -0.2) is 0 Å². The Morgan fingerprint density at radius 1 is 1.17 bits per heavy atom. The Balaban J connectivity index is 0.000000184. The molecule has 104 valence electrons. The Labute approximate surface area is 115 Å². The summed E-state index contributed by atoms with van der Waals surface area (Å²) >= 11 is 3.68. The van der Waals surface area contributed by atoms with Crippen LogP contribution >= 0.6 is 12.6 Å². The molecule has 1 heterocycles. The normalized spacial score (nSPS) is 19.9. The van der Waals surface area contributed by atoms with Gasteiger partial charge in [0.25, 0.3) is 5.24 Å². The lowest BCUT2D eigenvalue weighted by Gasteiger charge is -2.20. The van der Waals surface area contributed by atoms with Crippen molar-refractivity contribution in [3.63, 3.8) is 0 Å². The summed E-state index contributed by atoms with van der Waals surface area (Å²) < 4.78 is 0. The number of thiol groups is 1. The number of carbonyl (C=O) groups is 2. The zero-order chi connectivity index (χ0) is 13.2. The third-order valence-electron chi connectivity index (χ3n) is 3.59. The second-order valence-corrected chi connectivity index (χ2v) is 5.39. The van der Waals surface area contributed by atoms with E-state index in [4.69, 9.17) is 0 Å². The maximum atomic E-state index is 10.4. The zero-order valence-corrected chi connectivity index (χ0v) is 11.8. The lowest BCUT2D eigenvalue weighted by Crippen LogP contribution is -2.22. The van der Waals surface area contributed by atoms with Gasteiger partial charge in [-0.05, 0) is 31.6 Å². The Morgan fingerprint density at radius 2 is 1.78 bits per heavy atom. The number of amides is 2. The van der Waals surface area contributed by atoms with Gasteiger partial charge < -0.3 is 10.2 Å². The van der Waals surface area contributed by atoms with Gasteiger partial charge in [0.1, 0.15) is 0 Å². The number of carbonyl (C=O) groups excluding carboxylic acids is 2. The van der Waals surface area contributed by atoms with Crippen molar-refractivity contribution < 1.29 is 9.59 Å². The molecule has 1 saturated heterocycles. The molecule has 5 heteroatoms. The number of nitrogens with zero attached hydrogens (tertiary/aromatic N) is 1. The van der Waals surface area contributed by atoms with Crippen molar-refractivity contribution in [1.82, 2.24) is 10.2 Å².